The normalized spacial score (nSPS) is 15.0. The second-order valence-corrected chi connectivity index (χ2v) is 7.19. The number of pyridine rings is 1. The summed E-state index contributed by atoms with van der Waals surface area (Å²) in [4.78, 5) is 18.0. The summed E-state index contributed by atoms with van der Waals surface area (Å²) in [6.45, 7) is 3.94. The van der Waals surface area contributed by atoms with Crippen molar-refractivity contribution in [3.05, 3.63) is 53.7 Å². The summed E-state index contributed by atoms with van der Waals surface area (Å²) in [5.41, 5.74) is 1.32. The van der Waals surface area contributed by atoms with Gasteiger partial charge in [0.1, 0.15) is 4.90 Å². The van der Waals surface area contributed by atoms with E-state index in [2.05, 4.69) is 4.98 Å². The van der Waals surface area contributed by atoms with Gasteiger partial charge < -0.3 is 13.8 Å². The van der Waals surface area contributed by atoms with Crippen LogP contribution in [0.3, 0.4) is 0 Å². The third-order valence-electron chi connectivity index (χ3n) is 3.79. The summed E-state index contributed by atoms with van der Waals surface area (Å²) in [5.74, 6) is -0.247. The predicted molar refractivity (Wildman–Crippen MR) is 90.0 cm³/mol. The first kappa shape index (κ1) is 17.4. The molecule has 1 saturated heterocycles. The number of amides is 1. The van der Waals surface area contributed by atoms with Crippen LogP contribution in [0.5, 0.6) is 5.88 Å². The fraction of sp³-hybridized carbons (Fsp3) is 0.294. The molecule has 0 aliphatic carbocycles. The maximum absolute atomic E-state index is 12.3. The van der Waals surface area contributed by atoms with Gasteiger partial charge in [0.15, 0.2) is 0 Å². The number of rotatable bonds is 4. The van der Waals surface area contributed by atoms with E-state index in [1.165, 1.54) is 30.5 Å². The van der Waals surface area contributed by atoms with Crippen LogP contribution < -0.4 is 4.18 Å². The highest BCUT2D eigenvalue weighted by Gasteiger charge is 2.20. The standard InChI is InChI=1S/C17H18N2O5S/c1-13-2-5-15(6-3-13)25(21,22)24-16-7-4-14(12-18-16)17(20)19-8-10-23-11-9-19/h2-7,12H,8-11H2,1H3. The molecule has 0 bridgehead atoms. The van der Waals surface area contributed by atoms with E-state index >= 15 is 0 Å². The van der Waals surface area contributed by atoms with Gasteiger partial charge in [-0.15, -0.1) is 0 Å². The average molecular weight is 362 g/mol. The topological polar surface area (TPSA) is 85.8 Å². The zero-order valence-electron chi connectivity index (χ0n) is 13.7. The molecule has 0 N–H and O–H groups in total. The molecule has 0 atom stereocenters. The molecule has 0 spiro atoms. The maximum atomic E-state index is 12.3. The van der Waals surface area contributed by atoms with E-state index in [4.69, 9.17) is 8.92 Å². The zero-order chi connectivity index (χ0) is 17.9. The fourth-order valence-corrected chi connectivity index (χ4v) is 3.26. The molecule has 1 amide bonds. The quantitative estimate of drug-likeness (QED) is 0.769. The third kappa shape index (κ3) is 4.15. The van der Waals surface area contributed by atoms with Gasteiger partial charge in [0, 0.05) is 25.4 Å². The number of morpholine rings is 1. The fourth-order valence-electron chi connectivity index (χ4n) is 2.37. The second kappa shape index (κ2) is 7.20. The lowest BCUT2D eigenvalue weighted by Gasteiger charge is -2.26. The minimum atomic E-state index is -3.96. The number of ether oxygens (including phenoxy) is 1. The molecule has 0 unspecified atom stereocenters. The van der Waals surface area contributed by atoms with Gasteiger partial charge in [-0.2, -0.15) is 8.42 Å². The number of benzene rings is 1. The number of carbonyl (C=O) groups excluding carboxylic acids is 1. The lowest BCUT2D eigenvalue weighted by atomic mass is 10.2. The summed E-state index contributed by atoms with van der Waals surface area (Å²) in [7, 11) is -3.96. The van der Waals surface area contributed by atoms with E-state index in [0.717, 1.165) is 5.56 Å². The van der Waals surface area contributed by atoms with Crippen LogP contribution in [-0.4, -0.2) is 50.5 Å². The highest BCUT2D eigenvalue weighted by atomic mass is 32.2. The Morgan fingerprint density at radius 2 is 1.80 bits per heavy atom. The first-order valence-corrected chi connectivity index (χ1v) is 9.21. The molecule has 7 nitrogen and oxygen atoms in total. The molecular formula is C17H18N2O5S. The predicted octanol–water partition coefficient (Wildman–Crippen LogP) is 1.63. The van der Waals surface area contributed by atoms with Crippen LogP contribution in [-0.2, 0) is 14.9 Å². The molecular weight excluding hydrogens is 344 g/mol. The number of hydrogen-bond donors (Lipinski definition) is 0. The van der Waals surface area contributed by atoms with Crippen molar-refractivity contribution in [2.45, 2.75) is 11.8 Å². The van der Waals surface area contributed by atoms with Gasteiger partial charge >= 0.3 is 10.1 Å². The van der Waals surface area contributed by atoms with Crippen LogP contribution in [0.25, 0.3) is 0 Å². The lowest BCUT2D eigenvalue weighted by Crippen LogP contribution is -2.40. The summed E-state index contributed by atoms with van der Waals surface area (Å²) >= 11 is 0. The van der Waals surface area contributed by atoms with E-state index in [-0.39, 0.29) is 16.7 Å². The molecule has 2 aromatic rings. The summed E-state index contributed by atoms with van der Waals surface area (Å²) in [5, 5.41) is 0. The van der Waals surface area contributed by atoms with Crippen molar-refractivity contribution < 1.29 is 22.1 Å². The molecule has 1 aromatic heterocycles. The smallest absolute Gasteiger partial charge is 0.340 e. The van der Waals surface area contributed by atoms with Crippen molar-refractivity contribution in [2.24, 2.45) is 0 Å². The van der Waals surface area contributed by atoms with Gasteiger partial charge in [-0.05, 0) is 25.1 Å². The van der Waals surface area contributed by atoms with Crippen LogP contribution >= 0.6 is 0 Å². The van der Waals surface area contributed by atoms with Crippen LogP contribution in [0, 0.1) is 6.92 Å². The van der Waals surface area contributed by atoms with Gasteiger partial charge in [-0.25, -0.2) is 4.98 Å². The van der Waals surface area contributed by atoms with Crippen molar-refractivity contribution >= 4 is 16.0 Å². The van der Waals surface area contributed by atoms with Gasteiger partial charge in [-0.1, -0.05) is 17.7 Å². The summed E-state index contributed by atoms with van der Waals surface area (Å²) in [6, 6.07) is 9.20. The summed E-state index contributed by atoms with van der Waals surface area (Å²) in [6.07, 6.45) is 1.32. The number of aryl methyl sites for hydroxylation is 1. The largest absolute Gasteiger partial charge is 0.378 e. The van der Waals surface area contributed by atoms with Crippen LogP contribution in [0.4, 0.5) is 0 Å². The van der Waals surface area contributed by atoms with Crippen molar-refractivity contribution in [3.8, 4) is 5.88 Å². The number of hydrogen-bond acceptors (Lipinski definition) is 6. The van der Waals surface area contributed by atoms with E-state index in [1.807, 2.05) is 6.92 Å². The molecule has 1 aliphatic heterocycles. The molecule has 2 heterocycles. The summed E-state index contributed by atoms with van der Waals surface area (Å²) < 4.78 is 34.7. The van der Waals surface area contributed by atoms with Crippen molar-refractivity contribution in [1.82, 2.24) is 9.88 Å². The number of aromatic nitrogens is 1. The lowest BCUT2D eigenvalue weighted by molar-refractivity contribution is 0.0302. The molecule has 132 valence electrons. The van der Waals surface area contributed by atoms with Crippen LogP contribution in [0.2, 0.25) is 0 Å². The maximum Gasteiger partial charge on any atom is 0.340 e. The van der Waals surface area contributed by atoms with Crippen LogP contribution in [0.15, 0.2) is 47.5 Å². The molecule has 8 heteroatoms. The van der Waals surface area contributed by atoms with E-state index < -0.39 is 10.1 Å². The van der Waals surface area contributed by atoms with Gasteiger partial charge in [0.2, 0.25) is 5.88 Å². The van der Waals surface area contributed by atoms with Gasteiger partial charge in [0.05, 0.1) is 18.8 Å². The minimum absolute atomic E-state index is 0.0494. The first-order chi connectivity index (χ1) is 12.0. The van der Waals surface area contributed by atoms with Gasteiger partial charge in [-0.3, -0.25) is 4.79 Å². The molecule has 25 heavy (non-hydrogen) atoms. The Labute approximate surface area is 146 Å². The second-order valence-electron chi connectivity index (χ2n) is 5.64. The molecule has 1 aliphatic rings. The third-order valence-corrected chi connectivity index (χ3v) is 5.03. The van der Waals surface area contributed by atoms with E-state index in [0.29, 0.717) is 31.9 Å². The molecule has 3 rings (SSSR count). The first-order valence-electron chi connectivity index (χ1n) is 7.80. The Balaban J connectivity index is 1.71. The Hall–Kier alpha value is -2.45. The molecule has 1 fully saturated rings. The van der Waals surface area contributed by atoms with Crippen molar-refractivity contribution in [3.63, 3.8) is 0 Å². The zero-order valence-corrected chi connectivity index (χ0v) is 14.5. The Bertz CT molecular complexity index is 842. The highest BCUT2D eigenvalue weighted by molar-refractivity contribution is 7.87. The number of nitrogens with zero attached hydrogens (tertiary/aromatic N) is 2. The van der Waals surface area contributed by atoms with E-state index in [9.17, 15) is 13.2 Å². The average Bonchev–Trinajstić information content (AvgIpc) is 2.62. The molecule has 1 aromatic carbocycles. The Kier molecular flexibility index (Phi) is 5.00. The van der Waals surface area contributed by atoms with Crippen LogP contribution in [0.1, 0.15) is 15.9 Å². The van der Waals surface area contributed by atoms with Gasteiger partial charge in [0.25, 0.3) is 5.91 Å². The monoisotopic (exact) mass is 362 g/mol. The van der Waals surface area contributed by atoms with Crippen molar-refractivity contribution in [1.29, 1.82) is 0 Å². The SMILES string of the molecule is Cc1ccc(S(=O)(=O)Oc2ccc(C(=O)N3CCOCC3)cn2)cc1. The molecule has 0 saturated carbocycles. The Morgan fingerprint density at radius 1 is 1.12 bits per heavy atom. The van der Waals surface area contributed by atoms with Crippen molar-refractivity contribution in [2.75, 3.05) is 26.3 Å². The molecule has 0 radical (unpaired) electrons. The highest BCUT2D eigenvalue weighted by Crippen LogP contribution is 2.18. The minimum Gasteiger partial charge on any atom is -0.378 e. The number of carbonyl (C=O) groups is 1. The Morgan fingerprint density at radius 3 is 2.40 bits per heavy atom. The van der Waals surface area contributed by atoms with E-state index in [1.54, 1.807) is 17.0 Å².